The number of unbranched alkanes of at least 4 members (excludes halogenated alkanes) is 22. The second-order valence-electron chi connectivity index (χ2n) is 20.2. The van der Waals surface area contributed by atoms with Crippen molar-refractivity contribution in [2.24, 2.45) is 0 Å². The van der Waals surface area contributed by atoms with Crippen LogP contribution in [0.1, 0.15) is 271 Å². The molecule has 0 saturated heterocycles. The fourth-order valence-corrected chi connectivity index (χ4v) is 8.20. The highest BCUT2D eigenvalue weighted by molar-refractivity contribution is 5.71. The summed E-state index contributed by atoms with van der Waals surface area (Å²) in [5.41, 5.74) is 0. The van der Waals surface area contributed by atoms with Gasteiger partial charge in [0.2, 0.25) is 0 Å². The first kappa shape index (κ1) is 71.5. The molecule has 0 amide bonds. The predicted molar refractivity (Wildman–Crippen MR) is 329 cm³/mol. The Hall–Kier alpha value is -4.45. The molecule has 1 atom stereocenters. The number of rotatable bonds is 55. The molecule has 0 saturated carbocycles. The molecule has 0 aromatic heterocycles. The highest BCUT2D eigenvalue weighted by Gasteiger charge is 2.19. The number of hydrogen-bond acceptors (Lipinski definition) is 6. The van der Waals surface area contributed by atoms with Crippen LogP contribution < -0.4 is 0 Å². The van der Waals surface area contributed by atoms with Crippen molar-refractivity contribution in [1.29, 1.82) is 0 Å². The Kier molecular flexibility index (Phi) is 59.4. The molecule has 6 nitrogen and oxygen atoms in total. The van der Waals surface area contributed by atoms with E-state index in [0.717, 1.165) is 141 Å². The summed E-state index contributed by atoms with van der Waals surface area (Å²) in [7, 11) is 0. The van der Waals surface area contributed by atoms with E-state index in [1.54, 1.807) is 0 Å². The van der Waals surface area contributed by atoms with Crippen LogP contribution in [0.25, 0.3) is 0 Å². The lowest BCUT2D eigenvalue weighted by molar-refractivity contribution is -0.167. The van der Waals surface area contributed by atoms with Crippen LogP contribution in [0.3, 0.4) is 0 Å². The molecule has 0 aromatic rings. The summed E-state index contributed by atoms with van der Waals surface area (Å²) < 4.78 is 16.8. The highest BCUT2D eigenvalue weighted by atomic mass is 16.6. The number of carbonyl (C=O) groups is 3. The SMILES string of the molecule is CC/C=C\C/C=C\C/C=C\C/C=C\C/C=C\C/C=C\C/C=C\C/C=C\C/C=C\CCCCCC(=O)OCC(COC(=O)CCCCCCC/C=C\CCC)OC(=O)CCCCCCCCC/C=C\CCCCCCCC. The molecule has 0 aliphatic heterocycles. The van der Waals surface area contributed by atoms with Gasteiger partial charge in [-0.15, -0.1) is 0 Å². The Labute approximate surface area is 468 Å². The van der Waals surface area contributed by atoms with Gasteiger partial charge in [-0.3, -0.25) is 14.4 Å². The van der Waals surface area contributed by atoms with Gasteiger partial charge in [-0.1, -0.05) is 251 Å². The Morgan fingerprint density at radius 3 is 0.882 bits per heavy atom. The number of allylic oxidation sites excluding steroid dienone is 22. The lowest BCUT2D eigenvalue weighted by Gasteiger charge is -2.18. The molecule has 0 aromatic carbocycles. The Morgan fingerprint density at radius 1 is 0.276 bits per heavy atom. The van der Waals surface area contributed by atoms with Gasteiger partial charge in [-0.2, -0.15) is 0 Å². The maximum Gasteiger partial charge on any atom is 0.306 e. The standard InChI is InChI=1S/C70H114O6/c1-4-7-10-13-16-19-22-24-26-28-29-30-31-32-33-34-35-36-37-38-39-40-41-43-44-46-48-51-54-57-60-63-69(72)75-66-67(65-74-68(71)62-59-56-53-50-21-18-15-12-9-6-3)76-70(73)64-61-58-55-52-49-47-45-42-27-25-23-20-17-14-11-8-5-2/h7,10,12,15-16,19,24-27,29-30,32-33,35-36,38-39,41,43,46,48,67H,4-6,8-9,11,13-14,17-18,20-23,28,31,34,37,40,42,44-45,47,49-66H2,1-3H3/b10-7-,15-12-,19-16-,26-24-,27-25-,30-29-,33-32-,36-35-,39-38-,43-41-,48-46-. The molecule has 1 unspecified atom stereocenters. The molecule has 0 aliphatic rings. The molecule has 0 fully saturated rings. The molecule has 6 heteroatoms. The third-order valence-corrected chi connectivity index (χ3v) is 12.8. The molecule has 0 radical (unpaired) electrons. The minimum Gasteiger partial charge on any atom is -0.462 e. The maximum atomic E-state index is 12.9. The molecular weight excluding hydrogens is 937 g/mol. The van der Waals surface area contributed by atoms with E-state index < -0.39 is 6.10 Å². The van der Waals surface area contributed by atoms with E-state index in [4.69, 9.17) is 14.2 Å². The zero-order chi connectivity index (χ0) is 55.0. The quantitative estimate of drug-likeness (QED) is 0.0261. The van der Waals surface area contributed by atoms with E-state index in [9.17, 15) is 14.4 Å². The summed E-state index contributed by atoms with van der Waals surface area (Å²) in [5, 5.41) is 0. The first-order valence-corrected chi connectivity index (χ1v) is 31.2. The van der Waals surface area contributed by atoms with E-state index >= 15 is 0 Å². The van der Waals surface area contributed by atoms with E-state index in [1.165, 1.54) is 89.9 Å². The van der Waals surface area contributed by atoms with Gasteiger partial charge in [0.15, 0.2) is 6.10 Å². The first-order chi connectivity index (χ1) is 37.5. The topological polar surface area (TPSA) is 78.9 Å². The molecule has 0 N–H and O–H groups in total. The van der Waals surface area contributed by atoms with Crippen molar-refractivity contribution in [2.45, 2.75) is 277 Å². The number of hydrogen-bond donors (Lipinski definition) is 0. The van der Waals surface area contributed by atoms with Crippen molar-refractivity contribution in [3.63, 3.8) is 0 Å². The summed E-state index contributed by atoms with van der Waals surface area (Å²) in [6.07, 6.45) is 88.9. The third kappa shape index (κ3) is 60.4. The average Bonchev–Trinajstić information content (AvgIpc) is 3.42. The van der Waals surface area contributed by atoms with Crippen LogP contribution in [-0.4, -0.2) is 37.2 Å². The summed E-state index contributed by atoms with van der Waals surface area (Å²) in [4.78, 5) is 38.1. The van der Waals surface area contributed by atoms with Gasteiger partial charge in [0.1, 0.15) is 13.2 Å². The third-order valence-electron chi connectivity index (χ3n) is 12.8. The van der Waals surface area contributed by atoms with Crippen molar-refractivity contribution in [3.8, 4) is 0 Å². The Balaban J connectivity index is 4.34. The second-order valence-corrected chi connectivity index (χ2v) is 20.2. The van der Waals surface area contributed by atoms with Gasteiger partial charge >= 0.3 is 17.9 Å². The summed E-state index contributed by atoms with van der Waals surface area (Å²) in [5.74, 6) is -0.948. The lowest BCUT2D eigenvalue weighted by atomic mass is 10.1. The Bertz CT molecular complexity index is 1630. The van der Waals surface area contributed by atoms with Gasteiger partial charge in [0.05, 0.1) is 0 Å². The molecular formula is C70H114O6. The van der Waals surface area contributed by atoms with Crippen LogP contribution in [0.15, 0.2) is 134 Å². The number of ether oxygens (including phenoxy) is 3. The molecule has 0 spiro atoms. The van der Waals surface area contributed by atoms with E-state index in [-0.39, 0.29) is 31.1 Å². The van der Waals surface area contributed by atoms with Crippen LogP contribution in [0, 0.1) is 0 Å². The van der Waals surface area contributed by atoms with Crippen molar-refractivity contribution < 1.29 is 28.6 Å². The minimum atomic E-state index is -0.801. The van der Waals surface area contributed by atoms with Crippen LogP contribution in [0.2, 0.25) is 0 Å². The molecule has 0 rings (SSSR count). The average molecular weight is 1050 g/mol. The van der Waals surface area contributed by atoms with E-state index in [1.807, 2.05) is 0 Å². The molecule has 0 bridgehead atoms. The summed E-state index contributed by atoms with van der Waals surface area (Å²) in [6, 6.07) is 0. The molecule has 76 heavy (non-hydrogen) atoms. The molecule has 0 aliphatic carbocycles. The van der Waals surface area contributed by atoms with Gasteiger partial charge < -0.3 is 14.2 Å². The summed E-state index contributed by atoms with van der Waals surface area (Å²) >= 11 is 0. The second kappa shape index (κ2) is 63.1. The van der Waals surface area contributed by atoms with E-state index in [0.29, 0.717) is 19.3 Å². The normalized spacial score (nSPS) is 13.0. The highest BCUT2D eigenvalue weighted by Crippen LogP contribution is 2.14. The maximum absolute atomic E-state index is 12.9. The molecule has 430 valence electrons. The smallest absolute Gasteiger partial charge is 0.306 e. The number of esters is 3. The largest absolute Gasteiger partial charge is 0.462 e. The van der Waals surface area contributed by atoms with E-state index in [2.05, 4.69) is 154 Å². The lowest BCUT2D eigenvalue weighted by Crippen LogP contribution is -2.30. The fourth-order valence-electron chi connectivity index (χ4n) is 8.20. The van der Waals surface area contributed by atoms with Gasteiger partial charge in [0, 0.05) is 19.3 Å². The fraction of sp³-hybridized carbons (Fsp3) is 0.643. The Morgan fingerprint density at radius 2 is 0.539 bits per heavy atom. The van der Waals surface area contributed by atoms with Crippen LogP contribution in [0.5, 0.6) is 0 Å². The molecule has 0 heterocycles. The minimum absolute atomic E-state index is 0.0977. The van der Waals surface area contributed by atoms with Crippen LogP contribution >= 0.6 is 0 Å². The number of carbonyl (C=O) groups excluding carboxylic acids is 3. The van der Waals surface area contributed by atoms with Crippen molar-refractivity contribution in [1.82, 2.24) is 0 Å². The zero-order valence-corrected chi connectivity index (χ0v) is 49.2. The monoisotopic (exact) mass is 1050 g/mol. The van der Waals surface area contributed by atoms with Crippen molar-refractivity contribution in [2.75, 3.05) is 13.2 Å². The van der Waals surface area contributed by atoms with Crippen LogP contribution in [0.4, 0.5) is 0 Å². The van der Waals surface area contributed by atoms with Gasteiger partial charge in [-0.05, 0) is 135 Å². The predicted octanol–water partition coefficient (Wildman–Crippen LogP) is 21.4. The van der Waals surface area contributed by atoms with Crippen LogP contribution in [-0.2, 0) is 28.6 Å². The zero-order valence-electron chi connectivity index (χ0n) is 49.2. The van der Waals surface area contributed by atoms with Crippen molar-refractivity contribution in [3.05, 3.63) is 134 Å². The summed E-state index contributed by atoms with van der Waals surface area (Å²) in [6.45, 7) is 6.42. The van der Waals surface area contributed by atoms with Gasteiger partial charge in [0.25, 0.3) is 0 Å². The van der Waals surface area contributed by atoms with Crippen molar-refractivity contribution >= 4 is 17.9 Å². The van der Waals surface area contributed by atoms with Gasteiger partial charge in [-0.25, -0.2) is 0 Å². The first-order valence-electron chi connectivity index (χ1n) is 31.2.